The second kappa shape index (κ2) is 6.96. The van der Waals surface area contributed by atoms with Crippen LogP contribution in [0.3, 0.4) is 0 Å². The van der Waals surface area contributed by atoms with E-state index in [9.17, 15) is 14.4 Å². The number of Topliss-reactive ketones (excluding diaryl/α,β-unsaturated/α-hetero) is 1. The Hall–Kier alpha value is -2.99. The van der Waals surface area contributed by atoms with E-state index >= 15 is 0 Å². The molecule has 0 N–H and O–H groups in total. The first-order chi connectivity index (χ1) is 13.0. The van der Waals surface area contributed by atoms with E-state index in [1.165, 1.54) is 10.9 Å². The summed E-state index contributed by atoms with van der Waals surface area (Å²) in [6.07, 6.45) is 2.71. The lowest BCUT2D eigenvalue weighted by Gasteiger charge is -2.16. The van der Waals surface area contributed by atoms with Crippen LogP contribution >= 0.6 is 11.6 Å². The first-order valence-electron chi connectivity index (χ1n) is 8.61. The van der Waals surface area contributed by atoms with Crippen LogP contribution in [0.25, 0.3) is 10.9 Å². The number of fused-ring (bicyclic) bond motifs is 1. The molecule has 0 unspecified atom stereocenters. The molecule has 1 fully saturated rings. The van der Waals surface area contributed by atoms with Gasteiger partial charge in [-0.05, 0) is 36.8 Å². The number of amides is 1. The van der Waals surface area contributed by atoms with Gasteiger partial charge in [-0.15, -0.1) is 0 Å². The van der Waals surface area contributed by atoms with Crippen molar-refractivity contribution in [2.75, 3.05) is 11.4 Å². The highest BCUT2D eigenvalue weighted by atomic mass is 35.5. The van der Waals surface area contributed by atoms with Gasteiger partial charge in [0.25, 0.3) is 5.56 Å². The number of aromatic nitrogens is 2. The van der Waals surface area contributed by atoms with Crippen molar-refractivity contribution in [2.45, 2.75) is 19.4 Å². The molecule has 2 heterocycles. The molecule has 4 rings (SSSR count). The van der Waals surface area contributed by atoms with Crippen molar-refractivity contribution in [3.8, 4) is 0 Å². The lowest BCUT2D eigenvalue weighted by atomic mass is 10.1. The molecule has 0 aliphatic carbocycles. The number of ketones is 1. The van der Waals surface area contributed by atoms with Gasteiger partial charge in [-0.25, -0.2) is 4.98 Å². The molecule has 1 saturated heterocycles. The van der Waals surface area contributed by atoms with Crippen LogP contribution in [0.4, 0.5) is 5.69 Å². The normalized spacial score (nSPS) is 14.1. The van der Waals surface area contributed by atoms with Crippen LogP contribution in [0.1, 0.15) is 23.2 Å². The third-order valence-corrected chi connectivity index (χ3v) is 4.89. The Morgan fingerprint density at radius 3 is 2.78 bits per heavy atom. The standard InChI is InChI=1S/C20H16ClN3O3/c21-14-6-7-17-16(10-14)20(27)23(12-22-17)11-18(25)13-3-1-4-15(9-13)24-8-2-5-19(24)26/h1,3-4,6-7,9-10,12H,2,5,8,11H2. The van der Waals surface area contributed by atoms with Gasteiger partial charge in [-0.3, -0.25) is 19.0 Å². The van der Waals surface area contributed by atoms with E-state index in [1.54, 1.807) is 41.3 Å². The van der Waals surface area contributed by atoms with Crippen LogP contribution < -0.4 is 10.5 Å². The monoisotopic (exact) mass is 381 g/mol. The Labute approximate surface area is 160 Å². The van der Waals surface area contributed by atoms with Crippen LogP contribution in [0.5, 0.6) is 0 Å². The highest BCUT2D eigenvalue weighted by Gasteiger charge is 2.22. The molecule has 0 saturated carbocycles. The SMILES string of the molecule is O=C(Cn1cnc2ccc(Cl)cc2c1=O)c1cccc(N2CCCC2=O)c1. The van der Waals surface area contributed by atoms with Crippen molar-refractivity contribution >= 4 is 39.9 Å². The summed E-state index contributed by atoms with van der Waals surface area (Å²) in [6, 6.07) is 11.8. The molecule has 6 nitrogen and oxygen atoms in total. The Kier molecular flexibility index (Phi) is 4.49. The lowest BCUT2D eigenvalue weighted by Crippen LogP contribution is -2.26. The fourth-order valence-electron chi connectivity index (χ4n) is 3.26. The van der Waals surface area contributed by atoms with E-state index < -0.39 is 0 Å². The van der Waals surface area contributed by atoms with Crippen molar-refractivity contribution < 1.29 is 9.59 Å². The number of carbonyl (C=O) groups excluding carboxylic acids is 2. The molecule has 0 radical (unpaired) electrons. The Morgan fingerprint density at radius 2 is 2.00 bits per heavy atom. The zero-order valence-electron chi connectivity index (χ0n) is 14.4. The van der Waals surface area contributed by atoms with Crippen LogP contribution in [-0.2, 0) is 11.3 Å². The Balaban J connectivity index is 1.63. The predicted molar refractivity (Wildman–Crippen MR) is 103 cm³/mol. The molecule has 7 heteroatoms. The van der Waals surface area contributed by atoms with Crippen LogP contribution in [-0.4, -0.2) is 27.8 Å². The van der Waals surface area contributed by atoms with Gasteiger partial charge >= 0.3 is 0 Å². The molecule has 2 aromatic carbocycles. The second-order valence-electron chi connectivity index (χ2n) is 6.46. The summed E-state index contributed by atoms with van der Waals surface area (Å²) in [6.45, 7) is 0.525. The highest BCUT2D eigenvalue weighted by Crippen LogP contribution is 2.22. The highest BCUT2D eigenvalue weighted by molar-refractivity contribution is 6.31. The number of nitrogens with zero attached hydrogens (tertiary/aromatic N) is 3. The molecule has 1 aliphatic heterocycles. The van der Waals surface area contributed by atoms with Gasteiger partial charge in [0.1, 0.15) is 0 Å². The second-order valence-corrected chi connectivity index (χ2v) is 6.90. The molecule has 0 spiro atoms. The van der Waals surface area contributed by atoms with Crippen molar-refractivity contribution in [1.82, 2.24) is 9.55 Å². The number of rotatable bonds is 4. The molecule has 27 heavy (non-hydrogen) atoms. The van der Waals surface area contributed by atoms with Gasteiger partial charge < -0.3 is 4.90 Å². The third kappa shape index (κ3) is 3.36. The van der Waals surface area contributed by atoms with E-state index in [1.807, 2.05) is 6.07 Å². The van der Waals surface area contributed by atoms with Gasteiger partial charge in [0.05, 0.1) is 23.8 Å². The molecule has 1 amide bonds. The number of hydrogen-bond acceptors (Lipinski definition) is 4. The van der Waals surface area contributed by atoms with E-state index in [2.05, 4.69) is 4.98 Å². The Bertz CT molecular complexity index is 1120. The molecule has 136 valence electrons. The molecule has 0 atom stereocenters. The molecule has 1 aromatic heterocycles. The molecule has 0 bridgehead atoms. The quantitative estimate of drug-likeness (QED) is 0.651. The van der Waals surface area contributed by atoms with Crippen molar-refractivity contribution in [1.29, 1.82) is 0 Å². The first-order valence-corrected chi connectivity index (χ1v) is 8.99. The summed E-state index contributed by atoms with van der Waals surface area (Å²) >= 11 is 5.96. The van der Waals surface area contributed by atoms with Crippen molar-refractivity contribution in [2.24, 2.45) is 0 Å². The topological polar surface area (TPSA) is 72.3 Å². The minimum atomic E-state index is -0.318. The van der Waals surface area contributed by atoms with E-state index in [-0.39, 0.29) is 23.8 Å². The van der Waals surface area contributed by atoms with Gasteiger partial charge in [-0.1, -0.05) is 23.7 Å². The molecule has 1 aliphatic rings. The summed E-state index contributed by atoms with van der Waals surface area (Å²) in [5, 5.41) is 0.808. The fraction of sp³-hybridized carbons (Fsp3) is 0.200. The summed E-state index contributed by atoms with van der Waals surface area (Å²) in [7, 11) is 0. The summed E-state index contributed by atoms with van der Waals surface area (Å²) in [4.78, 5) is 43.1. The van der Waals surface area contributed by atoms with Crippen LogP contribution in [0.15, 0.2) is 53.6 Å². The van der Waals surface area contributed by atoms with Gasteiger partial charge in [0.2, 0.25) is 5.91 Å². The first kappa shape index (κ1) is 17.4. The fourth-order valence-corrected chi connectivity index (χ4v) is 3.43. The van der Waals surface area contributed by atoms with Gasteiger partial charge in [0.15, 0.2) is 5.78 Å². The zero-order chi connectivity index (χ0) is 19.0. The molecular weight excluding hydrogens is 366 g/mol. The predicted octanol–water partition coefficient (Wildman–Crippen LogP) is 3.06. The molecule has 3 aromatic rings. The largest absolute Gasteiger partial charge is 0.312 e. The average Bonchev–Trinajstić information content (AvgIpc) is 3.10. The maximum absolute atomic E-state index is 12.7. The number of anilines is 1. The number of carbonyl (C=O) groups is 2. The third-order valence-electron chi connectivity index (χ3n) is 4.65. The number of benzene rings is 2. The van der Waals surface area contributed by atoms with E-state index in [4.69, 9.17) is 11.6 Å². The smallest absolute Gasteiger partial charge is 0.261 e. The zero-order valence-corrected chi connectivity index (χ0v) is 15.1. The average molecular weight is 382 g/mol. The van der Waals surface area contributed by atoms with Crippen molar-refractivity contribution in [3.05, 3.63) is 69.7 Å². The number of hydrogen-bond donors (Lipinski definition) is 0. The number of halogens is 1. The minimum absolute atomic E-state index is 0.0615. The van der Waals surface area contributed by atoms with Gasteiger partial charge in [0, 0.05) is 29.2 Å². The van der Waals surface area contributed by atoms with Crippen LogP contribution in [0.2, 0.25) is 5.02 Å². The summed E-state index contributed by atoms with van der Waals surface area (Å²) in [5.74, 6) is -0.166. The van der Waals surface area contributed by atoms with Gasteiger partial charge in [-0.2, -0.15) is 0 Å². The van der Waals surface area contributed by atoms with Crippen LogP contribution in [0, 0.1) is 0 Å². The van der Waals surface area contributed by atoms with E-state index in [0.29, 0.717) is 40.1 Å². The maximum atomic E-state index is 12.7. The molecular formula is C20H16ClN3O3. The minimum Gasteiger partial charge on any atom is -0.312 e. The lowest BCUT2D eigenvalue weighted by molar-refractivity contribution is -0.117. The summed E-state index contributed by atoms with van der Waals surface area (Å²) in [5.41, 5.74) is 1.37. The maximum Gasteiger partial charge on any atom is 0.261 e. The van der Waals surface area contributed by atoms with Crippen molar-refractivity contribution in [3.63, 3.8) is 0 Å². The summed E-state index contributed by atoms with van der Waals surface area (Å²) < 4.78 is 1.27. The Morgan fingerprint density at radius 1 is 1.15 bits per heavy atom. The van der Waals surface area contributed by atoms with E-state index in [0.717, 1.165) is 6.42 Å².